The van der Waals surface area contributed by atoms with Crippen LogP contribution in [0.4, 0.5) is 23.2 Å². The first kappa shape index (κ1) is 29.3. The van der Waals surface area contributed by atoms with Crippen LogP contribution in [0.1, 0.15) is 76.4 Å². The molecule has 1 aliphatic rings. The summed E-state index contributed by atoms with van der Waals surface area (Å²) in [6, 6.07) is 4.20. The number of piperidine rings is 1. The van der Waals surface area contributed by atoms with E-state index in [1.54, 1.807) is 16.2 Å². The van der Waals surface area contributed by atoms with Gasteiger partial charge in [-0.15, -0.1) is 11.3 Å². The lowest BCUT2D eigenvalue weighted by Crippen LogP contribution is -2.40. The van der Waals surface area contributed by atoms with Crippen LogP contribution in [0, 0.1) is 23.3 Å². The number of thiazole rings is 1. The van der Waals surface area contributed by atoms with Crippen molar-refractivity contribution in [3.8, 4) is 17.0 Å². The molecule has 2 heterocycles. The van der Waals surface area contributed by atoms with Gasteiger partial charge in [-0.2, -0.15) is 0 Å². The second kappa shape index (κ2) is 10.7. The van der Waals surface area contributed by atoms with E-state index in [4.69, 9.17) is 17.2 Å². The molecule has 2 aromatic carbocycles. The van der Waals surface area contributed by atoms with E-state index in [-0.39, 0.29) is 27.9 Å². The van der Waals surface area contributed by atoms with E-state index in [0.717, 1.165) is 27.4 Å². The van der Waals surface area contributed by atoms with E-state index in [2.05, 4.69) is 46.9 Å². The number of phenolic OH excluding ortho intramolecular Hbond substituents is 1. The van der Waals surface area contributed by atoms with Crippen LogP contribution in [0.25, 0.3) is 11.3 Å². The highest BCUT2D eigenvalue weighted by atomic mass is 32.1. The fourth-order valence-corrected chi connectivity index (χ4v) is 6.02. The summed E-state index contributed by atoms with van der Waals surface area (Å²) in [4.78, 5) is 6.68. The van der Waals surface area contributed by atoms with Gasteiger partial charge in [0.1, 0.15) is 11.4 Å². The molecule has 0 saturated carbocycles. The van der Waals surface area contributed by atoms with Crippen molar-refractivity contribution in [2.75, 3.05) is 18.4 Å². The Bertz CT molecular complexity index is 1340. The molecule has 2 N–H and O–H groups in total. The van der Waals surface area contributed by atoms with Crippen molar-refractivity contribution in [1.29, 1.82) is 0 Å². The van der Waals surface area contributed by atoms with Gasteiger partial charge in [0.15, 0.2) is 28.4 Å². The number of anilines is 1. The van der Waals surface area contributed by atoms with E-state index in [9.17, 15) is 22.7 Å². The largest absolute Gasteiger partial charge is 0.507 e. The first-order chi connectivity index (χ1) is 18.1. The van der Waals surface area contributed by atoms with E-state index in [1.165, 1.54) is 0 Å². The predicted molar refractivity (Wildman–Crippen MR) is 153 cm³/mol. The number of phenols is 1. The lowest BCUT2D eigenvalue weighted by atomic mass is 9.78. The average Bonchev–Trinajstić information content (AvgIpc) is 3.34. The molecule has 39 heavy (non-hydrogen) atoms. The molecule has 0 aliphatic carbocycles. The molecule has 1 aromatic heterocycles. The molecule has 1 saturated heterocycles. The molecule has 4 nitrogen and oxygen atoms in total. The van der Waals surface area contributed by atoms with Gasteiger partial charge in [0.2, 0.25) is 0 Å². The molecule has 4 rings (SSSR count). The van der Waals surface area contributed by atoms with E-state index in [1.807, 2.05) is 17.5 Å². The Morgan fingerprint density at radius 3 is 1.95 bits per heavy atom. The van der Waals surface area contributed by atoms with Crippen LogP contribution in [0.5, 0.6) is 5.75 Å². The Morgan fingerprint density at radius 2 is 1.46 bits per heavy atom. The number of hydrogen-bond acceptors (Lipinski definition) is 4. The van der Waals surface area contributed by atoms with Crippen LogP contribution in [-0.4, -0.2) is 33.2 Å². The topological polar surface area (TPSA) is 48.4 Å². The molecule has 1 fully saturated rings. The Morgan fingerprint density at radius 1 is 0.949 bits per heavy atom. The van der Waals surface area contributed by atoms with Crippen LogP contribution in [0.3, 0.4) is 0 Å². The predicted octanol–water partition coefficient (Wildman–Crippen LogP) is 8.24. The van der Waals surface area contributed by atoms with Gasteiger partial charge in [-0.05, 0) is 48.0 Å². The average molecular weight is 580 g/mol. The maximum Gasteiger partial charge on any atom is 0.185 e. The van der Waals surface area contributed by atoms with Crippen molar-refractivity contribution >= 4 is 34.4 Å². The summed E-state index contributed by atoms with van der Waals surface area (Å²) in [6.45, 7) is 13.4. The Balaban J connectivity index is 1.50. The Kier molecular flexibility index (Phi) is 8.02. The van der Waals surface area contributed by atoms with Crippen LogP contribution in [0.2, 0.25) is 0 Å². The fraction of sp³-hybridized carbons (Fsp3) is 0.448. The number of nitrogens with one attached hydrogen (secondary N) is 1. The second-order valence-corrected chi connectivity index (χ2v) is 13.3. The summed E-state index contributed by atoms with van der Waals surface area (Å²) in [5.74, 6) is -5.51. The zero-order valence-electron chi connectivity index (χ0n) is 22.9. The van der Waals surface area contributed by atoms with Crippen molar-refractivity contribution in [3.05, 3.63) is 63.0 Å². The summed E-state index contributed by atoms with van der Waals surface area (Å²) in [5, 5.41) is 16.4. The molecule has 0 atom stereocenters. The van der Waals surface area contributed by atoms with Gasteiger partial charge in [0.05, 0.1) is 10.7 Å². The minimum absolute atomic E-state index is 0.00425. The molecule has 210 valence electrons. The Labute approximate surface area is 236 Å². The molecule has 0 spiro atoms. The summed E-state index contributed by atoms with van der Waals surface area (Å²) in [7, 11) is 0. The second-order valence-electron chi connectivity index (χ2n) is 12.0. The monoisotopic (exact) mass is 579 g/mol. The lowest BCUT2D eigenvalue weighted by Gasteiger charge is -2.33. The third kappa shape index (κ3) is 6.06. The minimum Gasteiger partial charge on any atom is -0.507 e. The molecule has 0 radical (unpaired) electrons. The van der Waals surface area contributed by atoms with E-state index >= 15 is 0 Å². The number of rotatable bonds is 3. The fourth-order valence-electron chi connectivity index (χ4n) is 4.73. The zero-order chi connectivity index (χ0) is 28.9. The summed E-state index contributed by atoms with van der Waals surface area (Å²) >= 11 is 6.86. The molecule has 1 aliphatic heterocycles. The number of thiocarbonyl (C=S) groups is 1. The molecular formula is C29H33F4N3OS2. The van der Waals surface area contributed by atoms with Gasteiger partial charge in [0.25, 0.3) is 0 Å². The minimum atomic E-state index is -1.51. The smallest absolute Gasteiger partial charge is 0.185 e. The van der Waals surface area contributed by atoms with Gasteiger partial charge in [-0.1, -0.05) is 41.5 Å². The normalized spacial score (nSPS) is 15.1. The molecule has 0 bridgehead atoms. The highest BCUT2D eigenvalue weighted by Crippen LogP contribution is 2.42. The summed E-state index contributed by atoms with van der Waals surface area (Å²) in [6.07, 6.45) is 1.40. The standard InChI is InChI=1S/C29H33F4N3OS2/c1-28(2,3)17-11-16(12-18(25(17)37)29(4,5)6)21-14-39-26(34-21)15-7-9-36(10-8-15)27(38)35-24-22(32)19(30)13-20(31)23(24)33/h11-15,37H,7-10H2,1-6H3,(H,35,38). The quantitative estimate of drug-likeness (QED) is 0.186. The van der Waals surface area contributed by atoms with Crippen molar-refractivity contribution in [2.24, 2.45) is 0 Å². The molecule has 0 unspecified atom stereocenters. The molecular weight excluding hydrogens is 546 g/mol. The summed E-state index contributed by atoms with van der Waals surface area (Å²) in [5.41, 5.74) is 2.13. The maximum absolute atomic E-state index is 14.1. The number of aromatic nitrogens is 1. The highest BCUT2D eigenvalue weighted by molar-refractivity contribution is 7.80. The van der Waals surface area contributed by atoms with Crippen molar-refractivity contribution in [3.63, 3.8) is 0 Å². The molecule has 10 heteroatoms. The van der Waals surface area contributed by atoms with Crippen molar-refractivity contribution in [1.82, 2.24) is 9.88 Å². The lowest BCUT2D eigenvalue weighted by molar-refractivity contribution is 0.316. The molecule has 3 aromatic rings. The van der Waals surface area contributed by atoms with Crippen molar-refractivity contribution in [2.45, 2.75) is 71.1 Å². The van der Waals surface area contributed by atoms with Gasteiger partial charge in [-0.3, -0.25) is 0 Å². The van der Waals surface area contributed by atoms with Gasteiger partial charge >= 0.3 is 0 Å². The van der Waals surface area contributed by atoms with Crippen LogP contribution in [-0.2, 0) is 10.8 Å². The number of halogens is 4. The third-order valence-corrected chi connectivity index (χ3v) is 8.39. The number of benzene rings is 2. The third-order valence-electron chi connectivity index (χ3n) is 7.02. The van der Waals surface area contributed by atoms with Crippen molar-refractivity contribution < 1.29 is 22.7 Å². The number of hydrogen-bond donors (Lipinski definition) is 2. The van der Waals surface area contributed by atoms with Crippen LogP contribution >= 0.6 is 23.6 Å². The van der Waals surface area contributed by atoms with Gasteiger partial charge in [0, 0.05) is 47.1 Å². The van der Waals surface area contributed by atoms with Gasteiger partial charge in [-0.25, -0.2) is 22.5 Å². The maximum atomic E-state index is 14.1. The first-order valence-electron chi connectivity index (χ1n) is 12.8. The SMILES string of the molecule is CC(C)(C)c1cc(-c2csc(C3CCN(C(=S)Nc4c(F)c(F)cc(F)c4F)CC3)n2)cc(C(C)(C)C)c1O. The first-order valence-corrected chi connectivity index (χ1v) is 14.1. The van der Waals surface area contributed by atoms with E-state index < -0.39 is 29.0 Å². The number of likely N-dealkylation sites (tertiary alicyclic amines) is 1. The number of aromatic hydroxyl groups is 1. The van der Waals surface area contributed by atoms with Gasteiger partial charge < -0.3 is 15.3 Å². The molecule has 0 amide bonds. The van der Waals surface area contributed by atoms with Crippen LogP contribution < -0.4 is 5.32 Å². The highest BCUT2D eigenvalue weighted by Gasteiger charge is 2.29. The summed E-state index contributed by atoms with van der Waals surface area (Å²) < 4.78 is 55.2. The number of nitrogens with zero attached hydrogens (tertiary/aromatic N) is 2. The van der Waals surface area contributed by atoms with E-state index in [0.29, 0.717) is 31.7 Å². The van der Waals surface area contributed by atoms with Crippen LogP contribution in [0.15, 0.2) is 23.6 Å². The zero-order valence-corrected chi connectivity index (χ0v) is 24.5. The Hall–Kier alpha value is -2.72.